The molecule has 0 radical (unpaired) electrons. The molecule has 6 nitrogen and oxygen atoms in total. The second-order valence-corrected chi connectivity index (χ2v) is 8.59. The van der Waals surface area contributed by atoms with E-state index in [9.17, 15) is 13.2 Å². The van der Waals surface area contributed by atoms with Crippen molar-refractivity contribution in [3.8, 4) is 0 Å². The summed E-state index contributed by atoms with van der Waals surface area (Å²) >= 11 is 0. The second-order valence-electron chi connectivity index (χ2n) is 6.82. The summed E-state index contributed by atoms with van der Waals surface area (Å²) in [5, 5.41) is 2.91. The van der Waals surface area contributed by atoms with E-state index in [1.54, 1.807) is 36.6 Å². The van der Waals surface area contributed by atoms with Crippen LogP contribution in [-0.2, 0) is 14.8 Å². The molecule has 1 amide bonds. The van der Waals surface area contributed by atoms with E-state index >= 15 is 0 Å². The number of hydrogen-bond donors (Lipinski definition) is 2. The number of sulfonamides is 1. The van der Waals surface area contributed by atoms with Crippen LogP contribution in [0.25, 0.3) is 0 Å². The lowest BCUT2D eigenvalue weighted by atomic mass is 10.0. The zero-order valence-corrected chi connectivity index (χ0v) is 17.2. The molecule has 1 aromatic heterocycles. The predicted molar refractivity (Wildman–Crippen MR) is 111 cm³/mol. The van der Waals surface area contributed by atoms with Gasteiger partial charge in [0, 0.05) is 13.0 Å². The van der Waals surface area contributed by atoms with Crippen molar-refractivity contribution in [1.29, 1.82) is 0 Å². The smallest absolute Gasteiger partial charge is 0.240 e. The van der Waals surface area contributed by atoms with Crippen LogP contribution in [0.5, 0.6) is 0 Å². The van der Waals surface area contributed by atoms with E-state index in [1.165, 1.54) is 0 Å². The minimum atomic E-state index is -3.67. The summed E-state index contributed by atoms with van der Waals surface area (Å²) in [7, 11) is -3.67. The van der Waals surface area contributed by atoms with Crippen LogP contribution in [0.1, 0.15) is 34.9 Å². The summed E-state index contributed by atoms with van der Waals surface area (Å²) in [6, 6.07) is 17.5. The highest BCUT2D eigenvalue weighted by atomic mass is 32.2. The number of nitrogens with one attached hydrogen (secondary N) is 2. The van der Waals surface area contributed by atoms with Gasteiger partial charge >= 0.3 is 0 Å². The van der Waals surface area contributed by atoms with Crippen molar-refractivity contribution in [1.82, 2.24) is 10.0 Å². The molecule has 29 heavy (non-hydrogen) atoms. The highest BCUT2D eigenvalue weighted by Crippen LogP contribution is 2.22. The highest BCUT2D eigenvalue weighted by molar-refractivity contribution is 7.89. The zero-order valence-electron chi connectivity index (χ0n) is 16.4. The minimum Gasteiger partial charge on any atom is -0.467 e. The first-order valence-corrected chi connectivity index (χ1v) is 10.8. The van der Waals surface area contributed by atoms with Gasteiger partial charge in [0.15, 0.2) is 0 Å². The molecule has 0 aliphatic heterocycles. The van der Waals surface area contributed by atoms with Crippen LogP contribution in [0.2, 0.25) is 0 Å². The second kappa shape index (κ2) is 9.07. The van der Waals surface area contributed by atoms with E-state index in [4.69, 9.17) is 4.42 Å². The van der Waals surface area contributed by atoms with Gasteiger partial charge in [-0.3, -0.25) is 4.79 Å². The Bertz CT molecular complexity index is 1060. The van der Waals surface area contributed by atoms with Crippen LogP contribution < -0.4 is 10.0 Å². The monoisotopic (exact) mass is 412 g/mol. The minimum absolute atomic E-state index is 0.000749. The largest absolute Gasteiger partial charge is 0.467 e. The zero-order chi connectivity index (χ0) is 20.9. The molecule has 1 atom stereocenters. The van der Waals surface area contributed by atoms with Crippen LogP contribution in [0.3, 0.4) is 0 Å². The molecule has 0 fully saturated rings. The van der Waals surface area contributed by atoms with Gasteiger partial charge in [-0.25, -0.2) is 13.1 Å². The molecular formula is C22H24N2O4S. The summed E-state index contributed by atoms with van der Waals surface area (Å²) in [4.78, 5) is 12.6. The average Bonchev–Trinajstić information content (AvgIpc) is 3.23. The number of hydrogen-bond acceptors (Lipinski definition) is 4. The summed E-state index contributed by atoms with van der Waals surface area (Å²) in [5.41, 5.74) is 2.80. The van der Waals surface area contributed by atoms with Gasteiger partial charge in [0.25, 0.3) is 0 Å². The number of carbonyl (C=O) groups excluding carboxylic acids is 1. The van der Waals surface area contributed by atoms with Crippen LogP contribution in [0, 0.1) is 13.8 Å². The van der Waals surface area contributed by atoms with E-state index in [2.05, 4.69) is 10.0 Å². The summed E-state index contributed by atoms with van der Waals surface area (Å²) < 4.78 is 32.9. The molecule has 1 unspecified atom stereocenters. The maximum absolute atomic E-state index is 12.5. The van der Waals surface area contributed by atoms with E-state index in [0.29, 0.717) is 5.76 Å². The van der Waals surface area contributed by atoms with E-state index in [-0.39, 0.29) is 23.8 Å². The van der Waals surface area contributed by atoms with E-state index < -0.39 is 16.1 Å². The number of furan rings is 1. The van der Waals surface area contributed by atoms with Crippen molar-refractivity contribution in [2.75, 3.05) is 6.54 Å². The van der Waals surface area contributed by atoms with Gasteiger partial charge in [0.05, 0.1) is 11.2 Å². The summed E-state index contributed by atoms with van der Waals surface area (Å²) in [5.74, 6) is 0.332. The molecule has 0 bridgehead atoms. The van der Waals surface area contributed by atoms with Crippen molar-refractivity contribution in [2.45, 2.75) is 31.2 Å². The average molecular weight is 413 g/mol. The maximum atomic E-state index is 12.5. The molecule has 0 spiro atoms. The molecule has 2 N–H and O–H groups in total. The van der Waals surface area contributed by atoms with Gasteiger partial charge in [0.1, 0.15) is 11.8 Å². The Kier molecular flexibility index (Phi) is 6.51. The van der Waals surface area contributed by atoms with E-state index in [1.807, 2.05) is 44.2 Å². The van der Waals surface area contributed by atoms with Crippen molar-refractivity contribution in [3.63, 3.8) is 0 Å². The van der Waals surface area contributed by atoms with Gasteiger partial charge in [-0.2, -0.15) is 0 Å². The standard InChI is InChI=1S/C22H24N2O4S/c1-16-10-11-19(15-17(16)2)29(26,27)23-13-12-21(25)24-22(20-9-6-14-28-20)18-7-4-3-5-8-18/h3-11,14-15,22-23H,12-13H2,1-2H3,(H,24,25). The fourth-order valence-corrected chi connectivity index (χ4v) is 4.03. The molecule has 1 heterocycles. The number of aryl methyl sites for hydroxylation is 2. The maximum Gasteiger partial charge on any atom is 0.240 e. The van der Waals surface area contributed by atoms with Crippen molar-refractivity contribution in [3.05, 3.63) is 89.4 Å². The van der Waals surface area contributed by atoms with Crippen molar-refractivity contribution >= 4 is 15.9 Å². The lowest BCUT2D eigenvalue weighted by Gasteiger charge is -2.17. The highest BCUT2D eigenvalue weighted by Gasteiger charge is 2.20. The Labute approximate surface area is 171 Å². The first kappa shape index (κ1) is 20.8. The van der Waals surface area contributed by atoms with Gasteiger partial charge in [-0.15, -0.1) is 0 Å². The molecule has 3 aromatic rings. The van der Waals surface area contributed by atoms with Gasteiger partial charge < -0.3 is 9.73 Å². The van der Waals surface area contributed by atoms with Crippen molar-refractivity contribution < 1.29 is 17.6 Å². The third-order valence-electron chi connectivity index (χ3n) is 4.70. The third kappa shape index (κ3) is 5.34. The van der Waals surface area contributed by atoms with Crippen LogP contribution in [-0.4, -0.2) is 20.9 Å². The van der Waals surface area contributed by atoms with Crippen LogP contribution in [0.15, 0.2) is 76.2 Å². The molecule has 0 saturated heterocycles. The van der Waals surface area contributed by atoms with Crippen molar-refractivity contribution in [2.24, 2.45) is 0 Å². The Morgan fingerprint density at radius 3 is 2.41 bits per heavy atom. The molecule has 0 aliphatic rings. The van der Waals surface area contributed by atoms with Crippen LogP contribution >= 0.6 is 0 Å². The van der Waals surface area contributed by atoms with Gasteiger partial charge in [-0.1, -0.05) is 36.4 Å². The molecule has 7 heteroatoms. The van der Waals surface area contributed by atoms with Crippen LogP contribution in [0.4, 0.5) is 0 Å². The SMILES string of the molecule is Cc1ccc(S(=O)(=O)NCCC(=O)NC(c2ccccc2)c2ccco2)cc1C. The predicted octanol–water partition coefficient (Wildman–Crippen LogP) is 3.47. The Hall–Kier alpha value is -2.90. The quantitative estimate of drug-likeness (QED) is 0.593. The van der Waals surface area contributed by atoms with Gasteiger partial charge in [-0.05, 0) is 54.8 Å². The summed E-state index contributed by atoms with van der Waals surface area (Å²) in [6.45, 7) is 3.78. The molecule has 0 aliphatic carbocycles. The van der Waals surface area contributed by atoms with E-state index in [0.717, 1.165) is 16.7 Å². The molecule has 0 saturated carbocycles. The topological polar surface area (TPSA) is 88.4 Å². The first-order valence-electron chi connectivity index (χ1n) is 9.31. The normalized spacial score (nSPS) is 12.5. The lowest BCUT2D eigenvalue weighted by molar-refractivity contribution is -0.121. The molecule has 3 rings (SSSR count). The first-order chi connectivity index (χ1) is 13.9. The summed E-state index contributed by atoms with van der Waals surface area (Å²) in [6.07, 6.45) is 1.56. The molecule has 2 aromatic carbocycles. The fraction of sp³-hybridized carbons (Fsp3) is 0.227. The number of amides is 1. The lowest BCUT2D eigenvalue weighted by Crippen LogP contribution is -2.33. The fourth-order valence-electron chi connectivity index (χ4n) is 2.92. The number of rotatable bonds is 8. The van der Waals surface area contributed by atoms with Gasteiger partial charge in [0.2, 0.25) is 15.9 Å². The molecular weight excluding hydrogens is 388 g/mol. The Balaban J connectivity index is 1.61. The Morgan fingerprint density at radius 2 is 1.76 bits per heavy atom. The third-order valence-corrected chi connectivity index (χ3v) is 6.16. The molecule has 152 valence electrons. The number of carbonyl (C=O) groups is 1. The number of benzene rings is 2. The Morgan fingerprint density at radius 1 is 1.00 bits per heavy atom.